The smallest absolute Gasteiger partial charge is 0.303 e. The first-order valence-corrected chi connectivity index (χ1v) is 11.5. The molecule has 0 unspecified atom stereocenters. The van der Waals surface area contributed by atoms with E-state index >= 15 is 0 Å². The van der Waals surface area contributed by atoms with Crippen molar-refractivity contribution in [3.8, 4) is 0 Å². The molecule has 28 heavy (non-hydrogen) atoms. The summed E-state index contributed by atoms with van der Waals surface area (Å²) in [6, 6.07) is 2.47. The SMILES string of the molecule is O=C(O)CCCN1C(=O)C(=Cc2ccc(S(=O)(=O)O)cc2S(=O)(=O)O)SC1=S. The molecule has 1 aliphatic rings. The fraction of sp³-hybridized carbons (Fsp3) is 0.214. The second-order valence-electron chi connectivity index (χ2n) is 5.48. The van der Waals surface area contributed by atoms with Gasteiger partial charge in [0.15, 0.2) is 0 Å². The van der Waals surface area contributed by atoms with Gasteiger partial charge in [0.25, 0.3) is 26.1 Å². The van der Waals surface area contributed by atoms with Crippen molar-refractivity contribution >= 4 is 66.5 Å². The summed E-state index contributed by atoms with van der Waals surface area (Å²) < 4.78 is 64.1. The Morgan fingerprint density at radius 2 is 1.82 bits per heavy atom. The number of thiocarbonyl (C=S) groups is 1. The molecule has 1 aromatic carbocycles. The minimum Gasteiger partial charge on any atom is -0.481 e. The van der Waals surface area contributed by atoms with E-state index in [9.17, 15) is 31.0 Å². The molecule has 1 aromatic rings. The highest BCUT2D eigenvalue weighted by Gasteiger charge is 2.32. The number of nitrogens with zero attached hydrogens (tertiary/aromatic N) is 1. The van der Waals surface area contributed by atoms with Gasteiger partial charge in [0.2, 0.25) is 0 Å². The first-order valence-electron chi connectivity index (χ1n) is 7.37. The van der Waals surface area contributed by atoms with Crippen molar-refractivity contribution in [2.45, 2.75) is 22.6 Å². The van der Waals surface area contributed by atoms with Gasteiger partial charge >= 0.3 is 5.97 Å². The van der Waals surface area contributed by atoms with Crippen LogP contribution >= 0.6 is 24.0 Å². The van der Waals surface area contributed by atoms with Crippen LogP contribution in [0.1, 0.15) is 18.4 Å². The third-order valence-corrected chi connectivity index (χ3v) is 6.63. The lowest BCUT2D eigenvalue weighted by molar-refractivity contribution is -0.137. The van der Waals surface area contributed by atoms with Crippen LogP contribution in [-0.2, 0) is 29.8 Å². The van der Waals surface area contributed by atoms with E-state index in [-0.39, 0.29) is 34.2 Å². The van der Waals surface area contributed by atoms with E-state index in [0.29, 0.717) is 6.07 Å². The van der Waals surface area contributed by atoms with Gasteiger partial charge in [-0.15, -0.1) is 0 Å². The average molecular weight is 468 g/mol. The maximum absolute atomic E-state index is 12.4. The van der Waals surface area contributed by atoms with Crippen LogP contribution in [0.3, 0.4) is 0 Å². The molecule has 1 fully saturated rings. The summed E-state index contributed by atoms with van der Waals surface area (Å²) in [5.74, 6) is -1.61. The van der Waals surface area contributed by atoms with Crippen molar-refractivity contribution in [2.75, 3.05) is 6.54 Å². The number of benzene rings is 1. The number of amides is 1. The summed E-state index contributed by atoms with van der Waals surface area (Å²) in [4.78, 5) is 22.6. The quantitative estimate of drug-likeness (QED) is 0.300. The number of carbonyl (C=O) groups excluding carboxylic acids is 1. The fourth-order valence-corrected chi connectivity index (χ4v) is 4.82. The van der Waals surface area contributed by atoms with Crippen molar-refractivity contribution in [3.63, 3.8) is 0 Å². The van der Waals surface area contributed by atoms with Gasteiger partial charge in [-0.05, 0) is 30.2 Å². The summed E-state index contributed by atoms with van der Waals surface area (Å²) in [6.07, 6.45) is 1.10. The highest BCUT2D eigenvalue weighted by Crippen LogP contribution is 2.34. The molecule has 1 aliphatic heterocycles. The van der Waals surface area contributed by atoms with Crippen LogP contribution in [-0.4, -0.2) is 58.7 Å². The van der Waals surface area contributed by atoms with Crippen LogP contribution < -0.4 is 0 Å². The predicted molar refractivity (Wildman–Crippen MR) is 103 cm³/mol. The summed E-state index contributed by atoms with van der Waals surface area (Å²) in [5.41, 5.74) is -0.194. The minimum absolute atomic E-state index is 0.00447. The highest BCUT2D eigenvalue weighted by atomic mass is 32.2. The van der Waals surface area contributed by atoms with Crippen LogP contribution in [0.25, 0.3) is 6.08 Å². The van der Waals surface area contributed by atoms with Gasteiger partial charge in [-0.3, -0.25) is 23.6 Å². The molecule has 0 bridgehead atoms. The number of carbonyl (C=O) groups is 2. The van der Waals surface area contributed by atoms with Gasteiger partial charge < -0.3 is 5.11 Å². The molecule has 0 saturated carbocycles. The second kappa shape index (κ2) is 8.26. The Hall–Kier alpha value is -1.84. The first kappa shape index (κ1) is 22.4. The Morgan fingerprint density at radius 1 is 1.18 bits per heavy atom. The average Bonchev–Trinajstić information content (AvgIpc) is 2.80. The van der Waals surface area contributed by atoms with Crippen molar-refractivity contribution in [1.29, 1.82) is 0 Å². The van der Waals surface area contributed by atoms with Crippen LogP contribution in [0.4, 0.5) is 0 Å². The zero-order valence-corrected chi connectivity index (χ0v) is 17.1. The monoisotopic (exact) mass is 467 g/mol. The molecule has 0 aliphatic carbocycles. The Morgan fingerprint density at radius 3 is 2.36 bits per heavy atom. The van der Waals surface area contributed by atoms with E-state index in [1.54, 1.807) is 0 Å². The molecule has 10 nitrogen and oxygen atoms in total. The van der Waals surface area contributed by atoms with E-state index in [4.69, 9.17) is 21.9 Å². The molecule has 0 atom stereocenters. The number of hydrogen-bond donors (Lipinski definition) is 3. The van der Waals surface area contributed by atoms with Gasteiger partial charge in [-0.2, -0.15) is 16.8 Å². The Kier molecular flexibility index (Phi) is 6.62. The molecule has 152 valence electrons. The lowest BCUT2D eigenvalue weighted by Crippen LogP contribution is -2.29. The van der Waals surface area contributed by atoms with E-state index in [0.717, 1.165) is 34.9 Å². The molecule has 1 amide bonds. The van der Waals surface area contributed by atoms with Gasteiger partial charge in [0.05, 0.1) is 9.80 Å². The van der Waals surface area contributed by atoms with Crippen LogP contribution in [0.5, 0.6) is 0 Å². The molecule has 3 N–H and O–H groups in total. The number of thioether (sulfide) groups is 1. The molecule has 14 heteroatoms. The van der Waals surface area contributed by atoms with E-state index in [1.807, 2.05) is 0 Å². The first-order chi connectivity index (χ1) is 12.8. The van der Waals surface area contributed by atoms with Crippen LogP contribution in [0.2, 0.25) is 0 Å². The summed E-state index contributed by atoms with van der Waals surface area (Å²) >= 11 is 5.91. The molecule has 1 saturated heterocycles. The minimum atomic E-state index is -4.88. The number of rotatable bonds is 7. The lowest BCUT2D eigenvalue weighted by Gasteiger charge is -2.13. The van der Waals surface area contributed by atoms with Crippen LogP contribution in [0.15, 0.2) is 32.9 Å². The standard InChI is InChI=1S/C14H13NO9S4/c16-12(17)2-1-5-15-13(18)10(26-14(15)25)6-8-3-4-9(27(19,20)21)7-11(8)28(22,23)24/h3-4,6-7H,1-2,5H2,(H,16,17)(H,19,20,21)(H,22,23,24). The van der Waals surface area contributed by atoms with Gasteiger partial charge in [-0.25, -0.2) is 0 Å². The molecular weight excluding hydrogens is 454 g/mol. The Bertz CT molecular complexity index is 1090. The Balaban J connectivity index is 2.41. The van der Waals surface area contributed by atoms with Gasteiger partial charge in [-0.1, -0.05) is 30.0 Å². The molecule has 0 radical (unpaired) electrons. The van der Waals surface area contributed by atoms with Crippen molar-refractivity contribution < 1.29 is 40.6 Å². The van der Waals surface area contributed by atoms with E-state index in [1.165, 1.54) is 0 Å². The van der Waals surface area contributed by atoms with E-state index in [2.05, 4.69) is 0 Å². The topological polar surface area (TPSA) is 166 Å². The summed E-state index contributed by atoms with van der Waals surface area (Å²) in [6.45, 7) is 0.0567. The number of aliphatic carboxylic acids is 1. The van der Waals surface area contributed by atoms with Crippen LogP contribution in [0, 0.1) is 0 Å². The molecule has 0 aromatic heterocycles. The Labute approximate surface area is 169 Å². The van der Waals surface area contributed by atoms with Gasteiger partial charge in [0.1, 0.15) is 9.22 Å². The largest absolute Gasteiger partial charge is 0.481 e. The highest BCUT2D eigenvalue weighted by molar-refractivity contribution is 8.26. The third kappa shape index (κ3) is 5.36. The third-order valence-electron chi connectivity index (χ3n) is 3.49. The number of carboxylic acids is 1. The van der Waals surface area contributed by atoms with Crippen molar-refractivity contribution in [3.05, 3.63) is 28.7 Å². The zero-order valence-electron chi connectivity index (χ0n) is 13.8. The van der Waals surface area contributed by atoms with Gasteiger partial charge in [0, 0.05) is 13.0 Å². The van der Waals surface area contributed by atoms with Crippen molar-refractivity contribution in [2.24, 2.45) is 0 Å². The molecular formula is C14H13NO9S4. The predicted octanol–water partition coefficient (Wildman–Crippen LogP) is 1.25. The fourth-order valence-electron chi connectivity index (χ4n) is 2.24. The second-order valence-corrected chi connectivity index (χ2v) is 9.97. The summed E-state index contributed by atoms with van der Waals surface area (Å²) in [5, 5.41) is 8.66. The normalized spacial score (nSPS) is 16.8. The molecule has 0 spiro atoms. The molecule has 2 rings (SSSR count). The van der Waals surface area contributed by atoms with E-state index < -0.39 is 41.9 Å². The maximum atomic E-state index is 12.4. The maximum Gasteiger partial charge on any atom is 0.303 e. The lowest BCUT2D eigenvalue weighted by atomic mass is 10.2. The summed E-state index contributed by atoms with van der Waals surface area (Å²) in [7, 11) is -9.60. The molecule has 1 heterocycles. The zero-order chi connectivity index (χ0) is 21.3. The number of carboxylic acid groups (broad SMARTS) is 1. The van der Waals surface area contributed by atoms with Crippen molar-refractivity contribution in [1.82, 2.24) is 4.90 Å². The number of hydrogen-bond acceptors (Lipinski definition) is 8.